The fourth-order valence-electron chi connectivity index (χ4n) is 2.38. The quantitative estimate of drug-likeness (QED) is 0.804. The zero-order valence-corrected chi connectivity index (χ0v) is 11.7. The minimum atomic E-state index is -0.849. The van der Waals surface area contributed by atoms with E-state index < -0.39 is 17.5 Å². The van der Waals surface area contributed by atoms with Crippen molar-refractivity contribution in [1.82, 2.24) is 15.2 Å². The van der Waals surface area contributed by atoms with Crippen LogP contribution in [0.3, 0.4) is 0 Å². The van der Waals surface area contributed by atoms with Gasteiger partial charge in [0.1, 0.15) is 12.1 Å². The van der Waals surface area contributed by atoms with Gasteiger partial charge in [-0.3, -0.25) is 14.5 Å². The molecule has 8 heteroatoms. The standard InChI is InChI=1S/C12H14N4O3S/c1-12(7-2-3-7)9(18)16(11(19)15-12)6-8(17)14-10-13-4-5-20-10/h4-5,7H,2-3,6H2,1H3,(H,15,19)(H,13,14,17). The van der Waals surface area contributed by atoms with Crippen LogP contribution in [0.4, 0.5) is 9.93 Å². The van der Waals surface area contributed by atoms with Crippen molar-refractivity contribution < 1.29 is 14.4 Å². The largest absolute Gasteiger partial charge is 0.325 e. The number of anilines is 1. The molecule has 0 radical (unpaired) electrons. The molecule has 1 saturated carbocycles. The number of nitrogens with zero attached hydrogens (tertiary/aromatic N) is 2. The summed E-state index contributed by atoms with van der Waals surface area (Å²) in [6.45, 7) is 1.44. The molecular formula is C12H14N4O3S. The highest BCUT2D eigenvalue weighted by Crippen LogP contribution is 2.42. The second-order valence-electron chi connectivity index (χ2n) is 5.18. The van der Waals surface area contributed by atoms with Gasteiger partial charge in [-0.25, -0.2) is 9.78 Å². The maximum Gasteiger partial charge on any atom is 0.325 e. The number of carbonyl (C=O) groups excluding carboxylic acids is 3. The molecule has 2 N–H and O–H groups in total. The molecule has 0 bridgehead atoms. The van der Waals surface area contributed by atoms with E-state index in [1.165, 1.54) is 11.3 Å². The zero-order valence-electron chi connectivity index (χ0n) is 10.9. The van der Waals surface area contributed by atoms with E-state index >= 15 is 0 Å². The van der Waals surface area contributed by atoms with Crippen molar-refractivity contribution in [2.75, 3.05) is 11.9 Å². The summed E-state index contributed by atoms with van der Waals surface area (Å²) in [4.78, 5) is 40.9. The van der Waals surface area contributed by atoms with Crippen LogP contribution in [0.5, 0.6) is 0 Å². The van der Waals surface area contributed by atoms with E-state index in [9.17, 15) is 14.4 Å². The van der Waals surface area contributed by atoms with Gasteiger partial charge < -0.3 is 10.6 Å². The topological polar surface area (TPSA) is 91.4 Å². The molecule has 3 rings (SSSR count). The normalized spacial score (nSPS) is 25.8. The third-order valence-corrected chi connectivity index (χ3v) is 4.36. The number of hydrogen-bond donors (Lipinski definition) is 2. The lowest BCUT2D eigenvalue weighted by molar-refractivity contribution is -0.134. The molecule has 7 nitrogen and oxygen atoms in total. The SMILES string of the molecule is CC1(C2CC2)NC(=O)N(CC(=O)Nc2nccs2)C1=O. The van der Waals surface area contributed by atoms with Crippen molar-refractivity contribution in [3.05, 3.63) is 11.6 Å². The van der Waals surface area contributed by atoms with Crippen LogP contribution in [0.2, 0.25) is 0 Å². The van der Waals surface area contributed by atoms with Crippen molar-refractivity contribution >= 4 is 34.3 Å². The molecule has 1 aliphatic carbocycles. The van der Waals surface area contributed by atoms with Gasteiger partial charge in [0.2, 0.25) is 5.91 Å². The summed E-state index contributed by atoms with van der Waals surface area (Å²) in [5.41, 5.74) is -0.849. The van der Waals surface area contributed by atoms with Gasteiger partial charge in [-0.1, -0.05) is 0 Å². The summed E-state index contributed by atoms with van der Waals surface area (Å²) in [6, 6.07) is -0.501. The first-order valence-electron chi connectivity index (χ1n) is 6.34. The number of thiazole rings is 1. The molecule has 2 fully saturated rings. The number of aromatic nitrogens is 1. The van der Waals surface area contributed by atoms with Gasteiger partial charge in [0.15, 0.2) is 5.13 Å². The second kappa shape index (κ2) is 4.55. The van der Waals surface area contributed by atoms with Gasteiger partial charge in [0.05, 0.1) is 0 Å². The number of hydrogen-bond acceptors (Lipinski definition) is 5. The van der Waals surface area contributed by atoms with Crippen molar-refractivity contribution in [2.45, 2.75) is 25.3 Å². The van der Waals surface area contributed by atoms with E-state index in [1.54, 1.807) is 18.5 Å². The summed E-state index contributed by atoms with van der Waals surface area (Å²) in [5, 5.41) is 7.44. The van der Waals surface area contributed by atoms with Crippen LogP contribution in [-0.4, -0.2) is 39.8 Å². The Morgan fingerprint density at radius 3 is 2.95 bits per heavy atom. The summed E-state index contributed by atoms with van der Waals surface area (Å²) in [7, 11) is 0. The Bertz CT molecular complexity index is 569. The molecule has 1 aromatic rings. The third-order valence-electron chi connectivity index (χ3n) is 3.68. The highest BCUT2D eigenvalue weighted by Gasteiger charge is 2.56. The third kappa shape index (κ3) is 2.15. The zero-order chi connectivity index (χ0) is 14.3. The van der Waals surface area contributed by atoms with Crippen LogP contribution in [0.25, 0.3) is 0 Å². The lowest BCUT2D eigenvalue weighted by Gasteiger charge is -2.20. The number of imide groups is 1. The molecule has 1 aromatic heterocycles. The van der Waals surface area contributed by atoms with Crippen molar-refractivity contribution in [3.63, 3.8) is 0 Å². The fraction of sp³-hybridized carbons (Fsp3) is 0.500. The Morgan fingerprint density at radius 1 is 1.60 bits per heavy atom. The van der Waals surface area contributed by atoms with Crippen LogP contribution in [0, 0.1) is 5.92 Å². The molecular weight excluding hydrogens is 280 g/mol. The number of rotatable bonds is 4. The van der Waals surface area contributed by atoms with E-state index in [0.717, 1.165) is 17.7 Å². The van der Waals surface area contributed by atoms with Crippen LogP contribution in [0.15, 0.2) is 11.6 Å². The molecule has 20 heavy (non-hydrogen) atoms. The smallest absolute Gasteiger partial charge is 0.323 e. The molecule has 2 aliphatic rings. The van der Waals surface area contributed by atoms with Gasteiger partial charge in [-0.15, -0.1) is 11.3 Å². The van der Waals surface area contributed by atoms with Crippen molar-refractivity contribution in [1.29, 1.82) is 0 Å². The van der Waals surface area contributed by atoms with Crippen molar-refractivity contribution in [2.24, 2.45) is 5.92 Å². The van der Waals surface area contributed by atoms with Crippen LogP contribution < -0.4 is 10.6 Å². The van der Waals surface area contributed by atoms with Crippen LogP contribution >= 0.6 is 11.3 Å². The first-order valence-corrected chi connectivity index (χ1v) is 7.22. The Kier molecular flexibility index (Phi) is 2.97. The van der Waals surface area contributed by atoms with Crippen LogP contribution in [0.1, 0.15) is 19.8 Å². The highest BCUT2D eigenvalue weighted by molar-refractivity contribution is 7.13. The molecule has 106 valence electrons. The summed E-state index contributed by atoms with van der Waals surface area (Å²) < 4.78 is 0. The first kappa shape index (κ1) is 13.0. The molecule has 1 saturated heterocycles. The van der Waals surface area contributed by atoms with E-state index in [2.05, 4.69) is 15.6 Å². The number of amides is 4. The lowest BCUT2D eigenvalue weighted by Crippen LogP contribution is -2.46. The predicted molar refractivity (Wildman–Crippen MR) is 72.1 cm³/mol. The molecule has 4 amide bonds. The van der Waals surface area contributed by atoms with E-state index in [4.69, 9.17) is 0 Å². The Labute approximate surface area is 119 Å². The maximum atomic E-state index is 12.3. The number of nitrogens with one attached hydrogen (secondary N) is 2. The molecule has 2 heterocycles. The Balaban J connectivity index is 1.66. The average Bonchev–Trinajstić information content (AvgIpc) is 3.10. The highest BCUT2D eigenvalue weighted by atomic mass is 32.1. The van der Waals surface area contributed by atoms with E-state index in [1.807, 2.05) is 0 Å². The fourth-order valence-corrected chi connectivity index (χ4v) is 2.93. The Hall–Kier alpha value is -1.96. The molecule has 0 aromatic carbocycles. The first-order chi connectivity index (χ1) is 9.50. The maximum absolute atomic E-state index is 12.3. The van der Waals surface area contributed by atoms with Crippen LogP contribution in [-0.2, 0) is 9.59 Å². The van der Waals surface area contributed by atoms with Gasteiger partial charge in [-0.05, 0) is 25.7 Å². The minimum Gasteiger partial charge on any atom is -0.323 e. The summed E-state index contributed by atoms with van der Waals surface area (Å²) >= 11 is 1.28. The van der Waals surface area contributed by atoms with Gasteiger partial charge in [-0.2, -0.15) is 0 Å². The van der Waals surface area contributed by atoms with Crippen molar-refractivity contribution in [3.8, 4) is 0 Å². The summed E-state index contributed by atoms with van der Waals surface area (Å²) in [5.74, 6) is -0.561. The monoisotopic (exact) mass is 294 g/mol. The van der Waals surface area contributed by atoms with E-state index in [-0.39, 0.29) is 18.4 Å². The average molecular weight is 294 g/mol. The van der Waals surface area contributed by atoms with Gasteiger partial charge in [0, 0.05) is 11.6 Å². The van der Waals surface area contributed by atoms with Gasteiger partial charge >= 0.3 is 6.03 Å². The second-order valence-corrected chi connectivity index (χ2v) is 6.08. The van der Waals surface area contributed by atoms with Gasteiger partial charge in [0.25, 0.3) is 5.91 Å². The molecule has 0 spiro atoms. The molecule has 1 unspecified atom stereocenters. The molecule has 1 aliphatic heterocycles. The summed E-state index contributed by atoms with van der Waals surface area (Å²) in [6.07, 6.45) is 3.43. The predicted octanol–water partition coefficient (Wildman–Crippen LogP) is 0.802. The van der Waals surface area contributed by atoms with E-state index in [0.29, 0.717) is 5.13 Å². The number of urea groups is 1. The molecule has 1 atom stereocenters. The Morgan fingerprint density at radius 2 is 2.35 bits per heavy atom. The minimum absolute atomic E-state index is 0.186. The lowest BCUT2D eigenvalue weighted by atomic mass is 9.96. The number of carbonyl (C=O) groups is 3.